The summed E-state index contributed by atoms with van der Waals surface area (Å²) in [6, 6.07) is 0. The summed E-state index contributed by atoms with van der Waals surface area (Å²) in [6.07, 6.45) is 1.06. The van der Waals surface area contributed by atoms with Crippen LogP contribution in [0.5, 0.6) is 0 Å². The van der Waals surface area contributed by atoms with Crippen LogP contribution in [-0.2, 0) is 6.54 Å². The Labute approximate surface area is 102 Å². The number of hydrogen-bond donors (Lipinski definition) is 2. The standard InChI is InChI=1S/C11H20N4S/c1-5-7-12-11(16)13-10-8(3)14-15(6-2)9(10)4/h5-7H2,1-4H3,(H2,12,13,16). The number of hydrogen-bond acceptors (Lipinski definition) is 2. The number of anilines is 1. The summed E-state index contributed by atoms with van der Waals surface area (Å²) in [5.41, 5.74) is 3.14. The van der Waals surface area contributed by atoms with Gasteiger partial charge >= 0.3 is 0 Å². The highest BCUT2D eigenvalue weighted by atomic mass is 32.1. The van der Waals surface area contributed by atoms with Gasteiger partial charge in [-0.2, -0.15) is 5.10 Å². The second-order valence-corrected chi connectivity index (χ2v) is 4.15. The smallest absolute Gasteiger partial charge is 0.170 e. The lowest BCUT2D eigenvalue weighted by Crippen LogP contribution is -2.29. The molecule has 0 spiro atoms. The number of nitrogens with one attached hydrogen (secondary N) is 2. The monoisotopic (exact) mass is 240 g/mol. The fourth-order valence-electron chi connectivity index (χ4n) is 1.58. The quantitative estimate of drug-likeness (QED) is 0.792. The van der Waals surface area contributed by atoms with Gasteiger partial charge in [-0.05, 0) is 39.4 Å². The van der Waals surface area contributed by atoms with Gasteiger partial charge in [0.2, 0.25) is 0 Å². The Balaban J connectivity index is 2.73. The first-order valence-corrected chi connectivity index (χ1v) is 6.09. The molecule has 0 aliphatic heterocycles. The van der Waals surface area contributed by atoms with Crippen molar-refractivity contribution in [2.45, 2.75) is 40.7 Å². The van der Waals surface area contributed by atoms with Crippen molar-refractivity contribution in [2.75, 3.05) is 11.9 Å². The van der Waals surface area contributed by atoms with Crippen molar-refractivity contribution in [1.82, 2.24) is 15.1 Å². The molecule has 0 amide bonds. The van der Waals surface area contributed by atoms with Crippen LogP contribution in [-0.4, -0.2) is 21.4 Å². The average molecular weight is 240 g/mol. The summed E-state index contributed by atoms with van der Waals surface area (Å²) in [5, 5.41) is 11.4. The van der Waals surface area contributed by atoms with Crippen LogP contribution in [0.3, 0.4) is 0 Å². The first-order valence-electron chi connectivity index (χ1n) is 5.69. The molecule has 2 N–H and O–H groups in total. The van der Waals surface area contributed by atoms with Gasteiger partial charge < -0.3 is 10.6 Å². The molecular weight excluding hydrogens is 220 g/mol. The molecule has 1 aromatic heterocycles. The molecule has 0 unspecified atom stereocenters. The van der Waals surface area contributed by atoms with E-state index in [-0.39, 0.29) is 0 Å². The number of thiocarbonyl (C=S) groups is 1. The largest absolute Gasteiger partial charge is 0.362 e. The zero-order valence-corrected chi connectivity index (χ0v) is 11.2. The van der Waals surface area contributed by atoms with E-state index in [4.69, 9.17) is 12.2 Å². The Morgan fingerprint density at radius 3 is 2.56 bits per heavy atom. The fraction of sp³-hybridized carbons (Fsp3) is 0.636. The van der Waals surface area contributed by atoms with E-state index in [1.807, 2.05) is 18.5 Å². The van der Waals surface area contributed by atoms with Crippen LogP contribution in [0, 0.1) is 13.8 Å². The molecule has 0 atom stereocenters. The molecule has 16 heavy (non-hydrogen) atoms. The van der Waals surface area contributed by atoms with Gasteiger partial charge in [-0.25, -0.2) is 0 Å². The van der Waals surface area contributed by atoms with Gasteiger partial charge in [0.05, 0.1) is 17.1 Å². The van der Waals surface area contributed by atoms with Gasteiger partial charge in [-0.15, -0.1) is 0 Å². The third-order valence-corrected chi connectivity index (χ3v) is 2.70. The van der Waals surface area contributed by atoms with Gasteiger partial charge in [-0.1, -0.05) is 6.92 Å². The third-order valence-electron chi connectivity index (χ3n) is 2.46. The highest BCUT2D eigenvalue weighted by Crippen LogP contribution is 2.18. The molecule has 0 aliphatic carbocycles. The zero-order valence-electron chi connectivity index (χ0n) is 10.4. The minimum Gasteiger partial charge on any atom is -0.362 e. The van der Waals surface area contributed by atoms with E-state index < -0.39 is 0 Å². The maximum atomic E-state index is 5.21. The molecule has 0 aliphatic rings. The predicted molar refractivity (Wildman–Crippen MR) is 71.9 cm³/mol. The maximum Gasteiger partial charge on any atom is 0.170 e. The van der Waals surface area contributed by atoms with Crippen LogP contribution < -0.4 is 10.6 Å². The van der Waals surface area contributed by atoms with Crippen molar-refractivity contribution in [3.05, 3.63) is 11.4 Å². The van der Waals surface area contributed by atoms with Crippen LogP contribution in [0.15, 0.2) is 0 Å². The lowest BCUT2D eigenvalue weighted by molar-refractivity contribution is 0.634. The number of rotatable bonds is 4. The van der Waals surface area contributed by atoms with Gasteiger partial charge in [0.25, 0.3) is 0 Å². The van der Waals surface area contributed by atoms with Crippen molar-refractivity contribution in [3.63, 3.8) is 0 Å². The normalized spacial score (nSPS) is 10.2. The van der Waals surface area contributed by atoms with Gasteiger partial charge in [0, 0.05) is 13.1 Å². The van der Waals surface area contributed by atoms with Crippen LogP contribution in [0.2, 0.25) is 0 Å². The fourth-order valence-corrected chi connectivity index (χ4v) is 1.79. The lowest BCUT2D eigenvalue weighted by Gasteiger charge is -2.09. The molecule has 90 valence electrons. The van der Waals surface area contributed by atoms with Crippen LogP contribution in [0.4, 0.5) is 5.69 Å². The number of nitrogens with zero attached hydrogens (tertiary/aromatic N) is 2. The van der Waals surface area contributed by atoms with Gasteiger partial charge in [0.15, 0.2) is 5.11 Å². The Morgan fingerprint density at radius 2 is 2.06 bits per heavy atom. The Hall–Kier alpha value is -1.10. The minimum absolute atomic E-state index is 0.670. The van der Waals surface area contributed by atoms with E-state index in [2.05, 4.69) is 29.6 Å². The molecular formula is C11H20N4S. The third kappa shape index (κ3) is 2.95. The molecule has 1 rings (SSSR count). The summed E-state index contributed by atoms with van der Waals surface area (Å²) in [5.74, 6) is 0. The van der Waals surface area contributed by atoms with E-state index in [0.717, 1.165) is 36.6 Å². The zero-order chi connectivity index (χ0) is 12.1. The second kappa shape index (κ2) is 5.84. The van der Waals surface area contributed by atoms with Crippen LogP contribution >= 0.6 is 12.2 Å². The Kier molecular flexibility index (Phi) is 4.73. The molecule has 4 nitrogen and oxygen atoms in total. The highest BCUT2D eigenvalue weighted by molar-refractivity contribution is 7.80. The van der Waals surface area contributed by atoms with Crippen molar-refractivity contribution in [2.24, 2.45) is 0 Å². The lowest BCUT2D eigenvalue weighted by atomic mass is 10.3. The van der Waals surface area contributed by atoms with Gasteiger partial charge in [-0.3, -0.25) is 4.68 Å². The van der Waals surface area contributed by atoms with Crippen molar-refractivity contribution < 1.29 is 0 Å². The van der Waals surface area contributed by atoms with E-state index in [0.29, 0.717) is 5.11 Å². The molecule has 5 heteroatoms. The van der Waals surface area contributed by atoms with E-state index >= 15 is 0 Å². The number of aromatic nitrogens is 2. The number of aryl methyl sites for hydroxylation is 2. The molecule has 0 bridgehead atoms. The summed E-state index contributed by atoms with van der Waals surface area (Å²) in [4.78, 5) is 0. The van der Waals surface area contributed by atoms with E-state index in [9.17, 15) is 0 Å². The van der Waals surface area contributed by atoms with Crippen molar-refractivity contribution >= 4 is 23.0 Å². The average Bonchev–Trinajstić information content (AvgIpc) is 2.53. The summed E-state index contributed by atoms with van der Waals surface area (Å²) >= 11 is 5.21. The van der Waals surface area contributed by atoms with E-state index in [1.54, 1.807) is 0 Å². The summed E-state index contributed by atoms with van der Waals surface area (Å²) in [7, 11) is 0. The highest BCUT2D eigenvalue weighted by Gasteiger charge is 2.11. The molecule has 0 saturated heterocycles. The minimum atomic E-state index is 0.670. The second-order valence-electron chi connectivity index (χ2n) is 3.74. The van der Waals surface area contributed by atoms with Crippen molar-refractivity contribution in [3.8, 4) is 0 Å². The van der Waals surface area contributed by atoms with E-state index in [1.165, 1.54) is 0 Å². The predicted octanol–water partition coefficient (Wildman–Crippen LogP) is 2.22. The summed E-state index contributed by atoms with van der Waals surface area (Å²) < 4.78 is 1.97. The van der Waals surface area contributed by atoms with Gasteiger partial charge in [0.1, 0.15) is 0 Å². The Morgan fingerprint density at radius 1 is 1.38 bits per heavy atom. The van der Waals surface area contributed by atoms with Crippen LogP contribution in [0.25, 0.3) is 0 Å². The molecule has 0 fully saturated rings. The first-order chi connectivity index (χ1) is 7.60. The Bertz CT molecular complexity index is 370. The molecule has 0 saturated carbocycles. The SMILES string of the molecule is CCCNC(=S)Nc1c(C)nn(CC)c1C. The van der Waals surface area contributed by atoms with Crippen LogP contribution in [0.1, 0.15) is 31.7 Å². The first kappa shape index (κ1) is 13.0. The molecule has 0 aromatic carbocycles. The molecule has 0 radical (unpaired) electrons. The topological polar surface area (TPSA) is 41.9 Å². The molecule has 1 aromatic rings. The maximum absolute atomic E-state index is 5.21. The van der Waals surface area contributed by atoms with Crippen molar-refractivity contribution in [1.29, 1.82) is 0 Å². The molecule has 1 heterocycles. The summed E-state index contributed by atoms with van der Waals surface area (Å²) in [6.45, 7) is 10.0.